The van der Waals surface area contributed by atoms with Gasteiger partial charge in [0.2, 0.25) is 0 Å². The van der Waals surface area contributed by atoms with Crippen LogP contribution in [0, 0.1) is 12.7 Å². The standard InChI is InChI=1S/C25H32FNO5/c1-17-7-5-8-18(15-17)22-19(9-6-10-20(22)26)23(31-14-12-28)21-16-27(11-13-30-21)24(29)32-25(2,3)4/h5-10,15,21,23,28H,11-14,16H2,1-4H3/t21-,23+/m1/s1. The number of aliphatic hydroxyl groups is 1. The molecule has 0 saturated carbocycles. The second-order valence-corrected chi connectivity index (χ2v) is 8.92. The number of halogens is 1. The predicted octanol–water partition coefficient (Wildman–Crippen LogP) is 4.49. The molecule has 1 aliphatic rings. The molecule has 1 aliphatic heterocycles. The van der Waals surface area contributed by atoms with Gasteiger partial charge in [0.15, 0.2) is 0 Å². The van der Waals surface area contributed by atoms with Gasteiger partial charge in [0.25, 0.3) is 0 Å². The summed E-state index contributed by atoms with van der Waals surface area (Å²) in [5.41, 5.74) is 2.17. The largest absolute Gasteiger partial charge is 0.444 e. The van der Waals surface area contributed by atoms with E-state index < -0.39 is 23.9 Å². The Morgan fingerprint density at radius 1 is 1.28 bits per heavy atom. The van der Waals surface area contributed by atoms with Gasteiger partial charge in [-0.05, 0) is 44.9 Å². The maximum absolute atomic E-state index is 15.1. The van der Waals surface area contributed by atoms with Crippen molar-refractivity contribution in [2.45, 2.75) is 45.5 Å². The normalized spacial score (nSPS) is 17.8. The fourth-order valence-corrected chi connectivity index (χ4v) is 3.81. The second kappa shape index (κ2) is 10.4. The second-order valence-electron chi connectivity index (χ2n) is 8.92. The number of hydrogen-bond acceptors (Lipinski definition) is 5. The highest BCUT2D eigenvalue weighted by molar-refractivity contribution is 5.70. The van der Waals surface area contributed by atoms with Gasteiger partial charge in [-0.15, -0.1) is 0 Å². The zero-order chi connectivity index (χ0) is 23.3. The lowest BCUT2D eigenvalue weighted by molar-refractivity contribution is -0.116. The monoisotopic (exact) mass is 445 g/mol. The Morgan fingerprint density at radius 3 is 2.72 bits per heavy atom. The zero-order valence-electron chi connectivity index (χ0n) is 19.1. The first-order chi connectivity index (χ1) is 15.2. The number of benzene rings is 2. The quantitative estimate of drug-likeness (QED) is 0.710. The molecular weight excluding hydrogens is 413 g/mol. The lowest BCUT2D eigenvalue weighted by Crippen LogP contribution is -2.49. The van der Waals surface area contributed by atoms with Crippen LogP contribution in [0.1, 0.15) is 38.0 Å². The summed E-state index contributed by atoms with van der Waals surface area (Å²) in [5, 5.41) is 9.38. The molecule has 0 bridgehead atoms. The van der Waals surface area contributed by atoms with Crippen LogP contribution in [0.15, 0.2) is 42.5 Å². The van der Waals surface area contributed by atoms with Crippen molar-refractivity contribution in [3.63, 3.8) is 0 Å². The molecule has 0 spiro atoms. The molecule has 0 aromatic heterocycles. The van der Waals surface area contributed by atoms with Gasteiger partial charge in [0, 0.05) is 12.1 Å². The molecule has 174 valence electrons. The fourth-order valence-electron chi connectivity index (χ4n) is 3.81. The Kier molecular flexibility index (Phi) is 7.87. The molecule has 3 rings (SSSR count). The van der Waals surface area contributed by atoms with E-state index in [9.17, 15) is 9.90 Å². The number of amides is 1. The minimum Gasteiger partial charge on any atom is -0.444 e. The maximum Gasteiger partial charge on any atom is 0.410 e. The van der Waals surface area contributed by atoms with Gasteiger partial charge < -0.3 is 24.2 Å². The van der Waals surface area contributed by atoms with Crippen molar-refractivity contribution in [2.24, 2.45) is 0 Å². The number of hydrogen-bond donors (Lipinski definition) is 1. The van der Waals surface area contributed by atoms with Crippen molar-refractivity contribution in [3.8, 4) is 11.1 Å². The average molecular weight is 446 g/mol. The topological polar surface area (TPSA) is 68.2 Å². The molecule has 6 nitrogen and oxygen atoms in total. The molecule has 0 radical (unpaired) electrons. The zero-order valence-corrected chi connectivity index (χ0v) is 19.1. The van der Waals surface area contributed by atoms with Crippen molar-refractivity contribution < 1.29 is 28.5 Å². The molecule has 1 heterocycles. The third-order valence-electron chi connectivity index (χ3n) is 5.13. The van der Waals surface area contributed by atoms with Crippen LogP contribution in [0.25, 0.3) is 11.1 Å². The van der Waals surface area contributed by atoms with Gasteiger partial charge in [-0.25, -0.2) is 9.18 Å². The van der Waals surface area contributed by atoms with E-state index in [-0.39, 0.29) is 25.6 Å². The maximum atomic E-state index is 15.1. The van der Waals surface area contributed by atoms with Gasteiger partial charge in [-0.3, -0.25) is 0 Å². The Morgan fingerprint density at radius 2 is 2.03 bits per heavy atom. The van der Waals surface area contributed by atoms with Crippen molar-refractivity contribution in [1.82, 2.24) is 4.90 Å². The SMILES string of the molecule is Cc1cccc(-c2c(F)cccc2[C@H](OCCO)[C@H]2CN(C(=O)OC(C)(C)C)CCO2)c1. The molecule has 1 N–H and O–H groups in total. The molecule has 1 amide bonds. The first kappa shape index (κ1) is 24.2. The molecule has 0 unspecified atom stereocenters. The summed E-state index contributed by atoms with van der Waals surface area (Å²) in [7, 11) is 0. The summed E-state index contributed by atoms with van der Waals surface area (Å²) in [6.45, 7) is 8.20. The van der Waals surface area contributed by atoms with Crippen LogP contribution in [-0.4, -0.2) is 60.7 Å². The smallest absolute Gasteiger partial charge is 0.410 e. The first-order valence-corrected chi connectivity index (χ1v) is 10.9. The summed E-state index contributed by atoms with van der Waals surface area (Å²) in [5.74, 6) is -0.370. The lowest BCUT2D eigenvalue weighted by atomic mass is 9.92. The van der Waals surface area contributed by atoms with E-state index >= 15 is 4.39 Å². The predicted molar refractivity (Wildman–Crippen MR) is 120 cm³/mol. The molecule has 0 aliphatic carbocycles. The third-order valence-corrected chi connectivity index (χ3v) is 5.13. The van der Waals surface area contributed by atoms with Crippen molar-refractivity contribution in [3.05, 3.63) is 59.4 Å². The molecule has 1 fully saturated rings. The lowest BCUT2D eigenvalue weighted by Gasteiger charge is -2.38. The number of nitrogens with zero attached hydrogens (tertiary/aromatic N) is 1. The number of carbonyl (C=O) groups excluding carboxylic acids is 1. The summed E-state index contributed by atoms with van der Waals surface area (Å²) < 4.78 is 32.5. The highest BCUT2D eigenvalue weighted by atomic mass is 19.1. The van der Waals surface area contributed by atoms with E-state index in [1.54, 1.807) is 17.0 Å². The molecular formula is C25H32FNO5. The minimum atomic E-state index is -0.682. The minimum absolute atomic E-state index is 0.0563. The average Bonchev–Trinajstić information content (AvgIpc) is 2.73. The summed E-state index contributed by atoms with van der Waals surface area (Å²) in [6.07, 6.45) is -1.66. The van der Waals surface area contributed by atoms with Crippen molar-refractivity contribution >= 4 is 6.09 Å². The van der Waals surface area contributed by atoms with E-state index in [1.165, 1.54) is 6.07 Å². The number of ether oxygens (including phenoxy) is 3. The van der Waals surface area contributed by atoms with Gasteiger partial charge in [0.1, 0.15) is 23.6 Å². The van der Waals surface area contributed by atoms with Crippen LogP contribution in [-0.2, 0) is 14.2 Å². The molecule has 7 heteroatoms. The number of morpholine rings is 1. The Bertz CT molecular complexity index is 927. The van der Waals surface area contributed by atoms with Crippen molar-refractivity contribution in [2.75, 3.05) is 32.9 Å². The van der Waals surface area contributed by atoms with Gasteiger partial charge in [0.05, 0.1) is 26.4 Å². The summed E-state index contributed by atoms with van der Waals surface area (Å²) >= 11 is 0. The van der Waals surface area contributed by atoms with Crippen LogP contribution < -0.4 is 0 Å². The first-order valence-electron chi connectivity index (χ1n) is 10.9. The number of aliphatic hydroxyl groups excluding tert-OH is 1. The molecule has 1 saturated heterocycles. The van der Waals surface area contributed by atoms with Crippen LogP contribution in [0.4, 0.5) is 9.18 Å². The summed E-state index contributed by atoms with van der Waals surface area (Å²) in [6, 6.07) is 12.5. The van der Waals surface area contributed by atoms with Crippen LogP contribution >= 0.6 is 0 Å². The van der Waals surface area contributed by atoms with E-state index in [0.29, 0.717) is 24.3 Å². The molecule has 2 aromatic rings. The van der Waals surface area contributed by atoms with Crippen LogP contribution in [0.3, 0.4) is 0 Å². The van der Waals surface area contributed by atoms with Gasteiger partial charge in [-0.2, -0.15) is 0 Å². The molecule has 32 heavy (non-hydrogen) atoms. The van der Waals surface area contributed by atoms with E-state index in [1.807, 2.05) is 52.0 Å². The Labute approximate surface area is 188 Å². The third kappa shape index (κ3) is 6.06. The molecule has 2 atom stereocenters. The highest BCUT2D eigenvalue weighted by Gasteiger charge is 2.35. The number of rotatable bonds is 6. The van der Waals surface area contributed by atoms with Gasteiger partial charge in [-0.1, -0.05) is 42.0 Å². The molecule has 2 aromatic carbocycles. The summed E-state index contributed by atoms with van der Waals surface area (Å²) in [4.78, 5) is 14.2. The van der Waals surface area contributed by atoms with E-state index in [2.05, 4.69) is 0 Å². The van der Waals surface area contributed by atoms with Crippen molar-refractivity contribution in [1.29, 1.82) is 0 Å². The van der Waals surface area contributed by atoms with E-state index in [4.69, 9.17) is 14.2 Å². The number of aryl methyl sites for hydroxylation is 1. The number of carbonyl (C=O) groups is 1. The van der Waals surface area contributed by atoms with Crippen LogP contribution in [0.5, 0.6) is 0 Å². The Balaban J connectivity index is 1.95. The fraction of sp³-hybridized carbons (Fsp3) is 0.480. The highest BCUT2D eigenvalue weighted by Crippen LogP contribution is 2.36. The Hall–Kier alpha value is -2.48. The van der Waals surface area contributed by atoms with Gasteiger partial charge >= 0.3 is 6.09 Å². The van der Waals surface area contributed by atoms with E-state index in [0.717, 1.165) is 11.1 Å². The van der Waals surface area contributed by atoms with Crippen LogP contribution in [0.2, 0.25) is 0 Å².